The molecule has 0 aliphatic carbocycles. The van der Waals surface area contributed by atoms with Crippen LogP contribution >= 0.6 is 0 Å². The summed E-state index contributed by atoms with van der Waals surface area (Å²) in [4.78, 5) is 12.1. The molecule has 17 heavy (non-hydrogen) atoms. The Morgan fingerprint density at radius 3 is 2.29 bits per heavy atom. The van der Waals surface area contributed by atoms with Gasteiger partial charge in [0, 0.05) is 5.56 Å². The molecule has 1 aromatic carbocycles. The molecule has 0 saturated heterocycles. The lowest BCUT2D eigenvalue weighted by Crippen LogP contribution is -2.31. The number of hydrogen-bond acceptors (Lipinski definition) is 2. The molecule has 0 aliphatic rings. The van der Waals surface area contributed by atoms with Crippen molar-refractivity contribution in [1.82, 2.24) is 5.32 Å². The Labute approximate surface area is 104 Å². The van der Waals surface area contributed by atoms with E-state index in [-0.39, 0.29) is 17.2 Å². The maximum absolute atomic E-state index is 12.1. The summed E-state index contributed by atoms with van der Waals surface area (Å²) in [5.74, 6) is 0.158. The number of carbonyl (C=O) groups is 1. The van der Waals surface area contributed by atoms with Crippen LogP contribution in [0.4, 0.5) is 0 Å². The van der Waals surface area contributed by atoms with Gasteiger partial charge in [-0.3, -0.25) is 4.79 Å². The number of carbonyl (C=O) groups excluding carboxylic acids is 1. The summed E-state index contributed by atoms with van der Waals surface area (Å²) in [6.07, 6.45) is 0. The summed E-state index contributed by atoms with van der Waals surface area (Å²) in [6.45, 7) is 10.4. The third kappa shape index (κ3) is 3.16. The van der Waals surface area contributed by atoms with Crippen LogP contribution in [-0.4, -0.2) is 18.9 Å². The van der Waals surface area contributed by atoms with Gasteiger partial charge in [-0.1, -0.05) is 39.0 Å². The first-order valence-corrected chi connectivity index (χ1v) is 6.10. The van der Waals surface area contributed by atoms with Gasteiger partial charge < -0.3 is 5.32 Å². The minimum Gasteiger partial charge on any atom is -0.310 e. The molecule has 2 heteroatoms. The highest BCUT2D eigenvalue weighted by Gasteiger charge is 2.18. The minimum absolute atomic E-state index is 0.126. The molecule has 0 amide bonds. The lowest BCUT2D eigenvalue weighted by atomic mass is 9.84. The maximum atomic E-state index is 12.1. The van der Waals surface area contributed by atoms with Crippen molar-refractivity contribution >= 4 is 5.78 Å². The summed E-state index contributed by atoms with van der Waals surface area (Å²) < 4.78 is 0. The molecule has 0 radical (unpaired) electrons. The number of rotatable bonds is 3. The van der Waals surface area contributed by atoms with E-state index in [1.165, 1.54) is 5.56 Å². The zero-order chi connectivity index (χ0) is 13.2. The molecule has 0 spiro atoms. The van der Waals surface area contributed by atoms with Crippen LogP contribution in [0.3, 0.4) is 0 Å². The average Bonchev–Trinajstić information content (AvgIpc) is 2.25. The molecule has 1 atom stereocenters. The first kappa shape index (κ1) is 13.9. The molecule has 0 saturated carbocycles. The van der Waals surface area contributed by atoms with Crippen molar-refractivity contribution in [2.75, 3.05) is 7.05 Å². The van der Waals surface area contributed by atoms with Crippen molar-refractivity contribution in [2.24, 2.45) is 0 Å². The van der Waals surface area contributed by atoms with Crippen LogP contribution in [0.5, 0.6) is 0 Å². The van der Waals surface area contributed by atoms with Crippen molar-refractivity contribution in [3.05, 3.63) is 34.9 Å². The van der Waals surface area contributed by atoms with E-state index in [2.05, 4.69) is 38.2 Å². The quantitative estimate of drug-likeness (QED) is 0.813. The second kappa shape index (κ2) is 5.01. The van der Waals surface area contributed by atoms with Gasteiger partial charge >= 0.3 is 0 Å². The smallest absolute Gasteiger partial charge is 0.179 e. The average molecular weight is 233 g/mol. The normalized spacial score (nSPS) is 13.5. The summed E-state index contributed by atoms with van der Waals surface area (Å²) in [6, 6.07) is 6.00. The van der Waals surface area contributed by atoms with Gasteiger partial charge in [-0.2, -0.15) is 0 Å². The molecule has 2 nitrogen and oxygen atoms in total. The van der Waals surface area contributed by atoms with Gasteiger partial charge in [0.1, 0.15) is 0 Å². The molecule has 1 rings (SSSR count). The second-order valence-electron chi connectivity index (χ2n) is 5.65. The SMILES string of the molecule is CNC(C)C(=O)c1ccc(C(C)(C)C)cc1C. The predicted molar refractivity (Wildman–Crippen MR) is 72.7 cm³/mol. The Bertz CT molecular complexity index is 415. The van der Waals surface area contributed by atoms with Gasteiger partial charge in [0.25, 0.3) is 0 Å². The Hall–Kier alpha value is -1.15. The van der Waals surface area contributed by atoms with Crippen LogP contribution in [-0.2, 0) is 5.41 Å². The van der Waals surface area contributed by atoms with Gasteiger partial charge in [-0.05, 0) is 37.4 Å². The van der Waals surface area contributed by atoms with E-state index in [9.17, 15) is 4.79 Å². The lowest BCUT2D eigenvalue weighted by molar-refractivity contribution is 0.0954. The first-order valence-electron chi connectivity index (χ1n) is 6.10. The number of benzene rings is 1. The van der Waals surface area contributed by atoms with Crippen molar-refractivity contribution in [3.8, 4) is 0 Å². The molecule has 1 aromatic rings. The monoisotopic (exact) mass is 233 g/mol. The number of aryl methyl sites for hydroxylation is 1. The van der Waals surface area contributed by atoms with E-state index in [4.69, 9.17) is 0 Å². The number of likely N-dealkylation sites (N-methyl/N-ethyl adjacent to an activating group) is 1. The van der Waals surface area contributed by atoms with Crippen LogP contribution in [0.1, 0.15) is 49.2 Å². The lowest BCUT2D eigenvalue weighted by Gasteiger charge is -2.21. The van der Waals surface area contributed by atoms with Crippen molar-refractivity contribution in [2.45, 2.75) is 46.1 Å². The fourth-order valence-corrected chi connectivity index (χ4v) is 1.77. The highest BCUT2D eigenvalue weighted by atomic mass is 16.1. The van der Waals surface area contributed by atoms with Gasteiger partial charge in [0.15, 0.2) is 5.78 Å². The van der Waals surface area contributed by atoms with Crippen molar-refractivity contribution in [3.63, 3.8) is 0 Å². The highest BCUT2D eigenvalue weighted by molar-refractivity contribution is 6.01. The first-order chi connectivity index (χ1) is 7.77. The van der Waals surface area contributed by atoms with E-state index in [1.54, 1.807) is 7.05 Å². The van der Waals surface area contributed by atoms with Crippen molar-refractivity contribution < 1.29 is 4.79 Å². The topological polar surface area (TPSA) is 29.1 Å². The highest BCUT2D eigenvalue weighted by Crippen LogP contribution is 2.24. The van der Waals surface area contributed by atoms with Crippen LogP contribution in [0.15, 0.2) is 18.2 Å². The number of Topliss-reactive ketones (excluding diaryl/α,β-unsaturated/α-hetero) is 1. The Kier molecular flexibility index (Phi) is 4.10. The Morgan fingerprint density at radius 2 is 1.88 bits per heavy atom. The second-order valence-corrected chi connectivity index (χ2v) is 5.65. The van der Waals surface area contributed by atoms with Gasteiger partial charge in [-0.15, -0.1) is 0 Å². The fraction of sp³-hybridized carbons (Fsp3) is 0.533. The minimum atomic E-state index is -0.130. The van der Waals surface area contributed by atoms with Gasteiger partial charge in [0.2, 0.25) is 0 Å². The van der Waals surface area contributed by atoms with Gasteiger partial charge in [-0.25, -0.2) is 0 Å². The molecular weight excluding hydrogens is 210 g/mol. The predicted octanol–water partition coefficient (Wildman–Crippen LogP) is 3.08. The Balaban J connectivity index is 3.11. The van der Waals surface area contributed by atoms with E-state index in [0.29, 0.717) is 0 Å². The molecule has 0 bridgehead atoms. The summed E-state index contributed by atoms with van der Waals surface area (Å²) in [5.41, 5.74) is 3.27. The molecule has 0 fully saturated rings. The zero-order valence-electron chi connectivity index (χ0n) is 11.7. The molecule has 0 heterocycles. The van der Waals surface area contributed by atoms with Gasteiger partial charge in [0.05, 0.1) is 6.04 Å². The number of nitrogens with one attached hydrogen (secondary N) is 1. The van der Waals surface area contributed by atoms with E-state index in [0.717, 1.165) is 11.1 Å². The summed E-state index contributed by atoms with van der Waals surface area (Å²) in [7, 11) is 1.81. The molecule has 1 N–H and O–H groups in total. The Morgan fingerprint density at radius 1 is 1.29 bits per heavy atom. The van der Waals surface area contributed by atoms with E-state index in [1.807, 2.05) is 19.9 Å². The zero-order valence-corrected chi connectivity index (χ0v) is 11.7. The standard InChI is InChI=1S/C15H23NO/c1-10-9-12(15(3,4)5)7-8-13(10)14(17)11(2)16-6/h7-9,11,16H,1-6H3. The van der Waals surface area contributed by atoms with Crippen molar-refractivity contribution in [1.29, 1.82) is 0 Å². The van der Waals surface area contributed by atoms with Crippen LogP contribution in [0, 0.1) is 6.92 Å². The van der Waals surface area contributed by atoms with Crippen LogP contribution in [0.25, 0.3) is 0 Å². The number of hydrogen-bond donors (Lipinski definition) is 1. The molecule has 94 valence electrons. The third-order valence-electron chi connectivity index (χ3n) is 3.18. The molecule has 1 unspecified atom stereocenters. The fourth-order valence-electron chi connectivity index (χ4n) is 1.77. The third-order valence-corrected chi connectivity index (χ3v) is 3.18. The molecular formula is C15H23NO. The molecule has 0 aromatic heterocycles. The van der Waals surface area contributed by atoms with E-state index < -0.39 is 0 Å². The summed E-state index contributed by atoms with van der Waals surface area (Å²) >= 11 is 0. The van der Waals surface area contributed by atoms with E-state index >= 15 is 0 Å². The van der Waals surface area contributed by atoms with Crippen LogP contribution in [0.2, 0.25) is 0 Å². The largest absolute Gasteiger partial charge is 0.310 e. The molecule has 0 aliphatic heterocycles. The number of ketones is 1. The maximum Gasteiger partial charge on any atom is 0.179 e. The summed E-state index contributed by atoms with van der Waals surface area (Å²) in [5, 5.41) is 2.99. The van der Waals surface area contributed by atoms with Crippen LogP contribution < -0.4 is 5.32 Å².